The number of nitrogens with two attached hydrogens (primary N) is 1. The molecule has 1 aromatic carbocycles. The lowest BCUT2D eigenvalue weighted by Crippen LogP contribution is -2.12. The molecule has 0 saturated carbocycles. The molecule has 0 radical (unpaired) electrons. The molecular weight excluding hydrogens is 214 g/mol. The third-order valence-electron chi connectivity index (χ3n) is 2.22. The van der Waals surface area contributed by atoms with E-state index in [0.29, 0.717) is 11.1 Å². The monoisotopic (exact) mass is 229 g/mol. The normalized spacial score (nSPS) is 13.9. The summed E-state index contributed by atoms with van der Waals surface area (Å²) < 4.78 is 22.8. The third-order valence-corrected chi connectivity index (χ3v) is 3.46. The molecule has 0 aromatic heterocycles. The van der Waals surface area contributed by atoms with E-state index in [4.69, 9.17) is 5.73 Å². The zero-order valence-electron chi connectivity index (χ0n) is 8.77. The first kappa shape index (κ1) is 12.2. The minimum atomic E-state index is -3.25. The Bertz CT molecular complexity index is 454. The van der Waals surface area contributed by atoms with Crippen molar-refractivity contribution in [3.05, 3.63) is 29.3 Å². The van der Waals surface area contributed by atoms with Gasteiger partial charge in [0.2, 0.25) is 0 Å². The lowest BCUT2D eigenvalue weighted by Gasteiger charge is -2.11. The van der Waals surface area contributed by atoms with Gasteiger partial charge >= 0.3 is 0 Å². The van der Waals surface area contributed by atoms with Gasteiger partial charge in [-0.2, -0.15) is 0 Å². The minimum Gasteiger partial charge on any atom is -0.387 e. The van der Waals surface area contributed by atoms with Gasteiger partial charge in [-0.1, -0.05) is 12.1 Å². The first-order valence-electron chi connectivity index (χ1n) is 4.55. The molecule has 0 aliphatic rings. The molecule has 1 aromatic rings. The number of rotatable bonds is 3. The highest BCUT2D eigenvalue weighted by atomic mass is 32.2. The number of aryl methyl sites for hydroxylation is 1. The van der Waals surface area contributed by atoms with Crippen LogP contribution in [-0.2, 0) is 9.84 Å². The summed E-state index contributed by atoms with van der Waals surface area (Å²) in [5.41, 5.74) is 6.50. The van der Waals surface area contributed by atoms with Crippen molar-refractivity contribution in [2.24, 2.45) is 5.73 Å². The second kappa shape index (κ2) is 4.30. The number of sulfone groups is 1. The smallest absolute Gasteiger partial charge is 0.175 e. The number of aliphatic hydroxyl groups is 1. The molecule has 0 heterocycles. The van der Waals surface area contributed by atoms with Crippen LogP contribution in [0.4, 0.5) is 0 Å². The molecule has 84 valence electrons. The van der Waals surface area contributed by atoms with Crippen LogP contribution in [-0.4, -0.2) is 26.3 Å². The molecule has 0 fully saturated rings. The van der Waals surface area contributed by atoms with E-state index < -0.39 is 15.9 Å². The molecule has 0 spiro atoms. The Morgan fingerprint density at radius 2 is 2.07 bits per heavy atom. The molecular formula is C10H15NO3S. The topological polar surface area (TPSA) is 80.4 Å². The van der Waals surface area contributed by atoms with Crippen molar-refractivity contribution >= 4 is 9.84 Å². The van der Waals surface area contributed by atoms with Gasteiger partial charge in [-0.05, 0) is 24.1 Å². The lowest BCUT2D eigenvalue weighted by molar-refractivity contribution is 0.186. The highest BCUT2D eigenvalue weighted by molar-refractivity contribution is 7.90. The molecule has 0 aliphatic carbocycles. The van der Waals surface area contributed by atoms with Crippen molar-refractivity contribution < 1.29 is 13.5 Å². The molecule has 15 heavy (non-hydrogen) atoms. The average molecular weight is 229 g/mol. The van der Waals surface area contributed by atoms with Crippen LogP contribution < -0.4 is 5.73 Å². The quantitative estimate of drug-likeness (QED) is 0.785. The largest absolute Gasteiger partial charge is 0.387 e. The van der Waals surface area contributed by atoms with Crippen LogP contribution >= 0.6 is 0 Å². The van der Waals surface area contributed by atoms with Gasteiger partial charge in [-0.3, -0.25) is 0 Å². The summed E-state index contributed by atoms with van der Waals surface area (Å²) in [6.45, 7) is 1.79. The SMILES string of the molecule is Cc1ccc(C(O)CN)cc1S(C)(=O)=O. The summed E-state index contributed by atoms with van der Waals surface area (Å²) in [6, 6.07) is 4.83. The Balaban J connectivity index is 3.29. The molecule has 1 unspecified atom stereocenters. The predicted octanol–water partition coefficient (Wildman–Crippen LogP) is 0.391. The number of hydrogen-bond donors (Lipinski definition) is 2. The number of benzene rings is 1. The Morgan fingerprint density at radius 3 is 2.53 bits per heavy atom. The minimum absolute atomic E-state index is 0.0757. The zero-order valence-corrected chi connectivity index (χ0v) is 9.58. The molecule has 0 amide bonds. The summed E-state index contributed by atoms with van der Waals surface area (Å²) in [6.07, 6.45) is 0.333. The van der Waals surface area contributed by atoms with Crippen molar-refractivity contribution in [1.82, 2.24) is 0 Å². The maximum atomic E-state index is 11.4. The fourth-order valence-electron chi connectivity index (χ4n) is 1.36. The van der Waals surface area contributed by atoms with Crippen molar-refractivity contribution in [2.75, 3.05) is 12.8 Å². The van der Waals surface area contributed by atoms with E-state index >= 15 is 0 Å². The van der Waals surface area contributed by atoms with Crippen LogP contribution in [0.15, 0.2) is 23.1 Å². The van der Waals surface area contributed by atoms with E-state index in [1.54, 1.807) is 19.1 Å². The second-order valence-corrected chi connectivity index (χ2v) is 5.53. The molecule has 1 rings (SSSR count). The zero-order chi connectivity index (χ0) is 11.6. The van der Waals surface area contributed by atoms with E-state index in [9.17, 15) is 13.5 Å². The highest BCUT2D eigenvalue weighted by Crippen LogP contribution is 2.20. The summed E-state index contributed by atoms with van der Waals surface area (Å²) in [5.74, 6) is 0. The first-order valence-corrected chi connectivity index (χ1v) is 6.44. The standard InChI is InChI=1S/C10H15NO3S/c1-7-3-4-8(9(12)6-11)5-10(7)15(2,13)14/h3-5,9,12H,6,11H2,1-2H3. The van der Waals surface area contributed by atoms with E-state index in [0.717, 1.165) is 6.26 Å². The van der Waals surface area contributed by atoms with Gasteiger partial charge in [0, 0.05) is 12.8 Å². The number of aliphatic hydroxyl groups excluding tert-OH is 1. The Hall–Kier alpha value is -0.910. The Kier molecular flexibility index (Phi) is 3.49. The molecule has 4 nitrogen and oxygen atoms in total. The van der Waals surface area contributed by atoms with Crippen molar-refractivity contribution in [3.8, 4) is 0 Å². The summed E-state index contributed by atoms with van der Waals surface area (Å²) in [5, 5.41) is 9.49. The Labute approximate surface area is 89.7 Å². The third kappa shape index (κ3) is 2.77. The molecule has 3 N–H and O–H groups in total. The van der Waals surface area contributed by atoms with Gasteiger partial charge in [0.15, 0.2) is 9.84 Å². The maximum Gasteiger partial charge on any atom is 0.175 e. The second-order valence-electron chi connectivity index (χ2n) is 3.55. The van der Waals surface area contributed by atoms with Crippen LogP contribution in [0.3, 0.4) is 0 Å². The summed E-state index contributed by atoms with van der Waals surface area (Å²) >= 11 is 0. The van der Waals surface area contributed by atoms with Gasteiger partial charge in [0.25, 0.3) is 0 Å². The Morgan fingerprint density at radius 1 is 1.47 bits per heavy atom. The van der Waals surface area contributed by atoms with Gasteiger partial charge in [-0.15, -0.1) is 0 Å². The summed E-state index contributed by atoms with van der Waals surface area (Å²) in [4.78, 5) is 0.243. The van der Waals surface area contributed by atoms with Gasteiger partial charge < -0.3 is 10.8 Å². The van der Waals surface area contributed by atoms with Gasteiger partial charge in [-0.25, -0.2) is 8.42 Å². The van der Waals surface area contributed by atoms with E-state index in [2.05, 4.69) is 0 Å². The van der Waals surface area contributed by atoms with Crippen molar-refractivity contribution in [3.63, 3.8) is 0 Å². The van der Waals surface area contributed by atoms with Gasteiger partial charge in [0.1, 0.15) is 0 Å². The van der Waals surface area contributed by atoms with Crippen LogP contribution in [0.1, 0.15) is 17.2 Å². The average Bonchev–Trinajstić information content (AvgIpc) is 2.15. The number of hydrogen-bond acceptors (Lipinski definition) is 4. The van der Waals surface area contributed by atoms with Crippen molar-refractivity contribution in [2.45, 2.75) is 17.9 Å². The van der Waals surface area contributed by atoms with Crippen molar-refractivity contribution in [1.29, 1.82) is 0 Å². The van der Waals surface area contributed by atoms with E-state index in [-0.39, 0.29) is 11.4 Å². The fourth-order valence-corrected chi connectivity index (χ4v) is 2.36. The van der Waals surface area contributed by atoms with Gasteiger partial charge in [0.05, 0.1) is 11.0 Å². The lowest BCUT2D eigenvalue weighted by atomic mass is 10.1. The highest BCUT2D eigenvalue weighted by Gasteiger charge is 2.14. The molecule has 0 aliphatic heterocycles. The maximum absolute atomic E-state index is 11.4. The van der Waals surface area contributed by atoms with Crippen LogP contribution in [0.5, 0.6) is 0 Å². The van der Waals surface area contributed by atoms with Crippen LogP contribution in [0, 0.1) is 6.92 Å². The van der Waals surface area contributed by atoms with Crippen LogP contribution in [0.25, 0.3) is 0 Å². The van der Waals surface area contributed by atoms with E-state index in [1.807, 2.05) is 0 Å². The molecule has 5 heteroatoms. The molecule has 0 bridgehead atoms. The van der Waals surface area contributed by atoms with E-state index in [1.165, 1.54) is 6.07 Å². The van der Waals surface area contributed by atoms with Crippen LogP contribution in [0.2, 0.25) is 0 Å². The first-order chi connectivity index (χ1) is 6.86. The molecule has 1 atom stereocenters. The predicted molar refractivity (Wildman–Crippen MR) is 58.3 cm³/mol. The summed E-state index contributed by atoms with van der Waals surface area (Å²) in [7, 11) is -3.25. The molecule has 0 saturated heterocycles. The fraction of sp³-hybridized carbons (Fsp3) is 0.400.